The summed E-state index contributed by atoms with van der Waals surface area (Å²) < 4.78 is 5.41. The van der Waals surface area contributed by atoms with Gasteiger partial charge in [0, 0.05) is 18.9 Å². The predicted octanol–water partition coefficient (Wildman–Crippen LogP) is 2.89. The van der Waals surface area contributed by atoms with Gasteiger partial charge in [-0.1, -0.05) is 48.5 Å². The summed E-state index contributed by atoms with van der Waals surface area (Å²) in [5, 5.41) is 13.8. The molecule has 0 spiro atoms. The fraction of sp³-hybridized carbons (Fsp3) is 0.318. The highest BCUT2D eigenvalue weighted by molar-refractivity contribution is 5.83. The molecule has 2 amide bonds. The number of hydrogen-bond acceptors (Lipinski definition) is 4. The smallest absolute Gasteiger partial charge is 0.407 e. The molecular weight excluding hydrogens is 372 g/mol. The minimum absolute atomic E-state index is 0.00330. The molecule has 0 bridgehead atoms. The molecular formula is C22H24N2O5. The number of aliphatic carboxylic acids is 1. The molecule has 0 saturated carbocycles. The lowest BCUT2D eigenvalue weighted by molar-refractivity contribution is -0.141. The van der Waals surface area contributed by atoms with Gasteiger partial charge in [-0.2, -0.15) is 0 Å². The number of hydrogen-bond donors (Lipinski definition) is 3. The molecule has 0 fully saturated rings. The Morgan fingerprint density at radius 3 is 2.21 bits per heavy atom. The van der Waals surface area contributed by atoms with Crippen LogP contribution in [0.1, 0.15) is 36.8 Å². The van der Waals surface area contributed by atoms with Gasteiger partial charge in [0.2, 0.25) is 5.91 Å². The second-order valence-electron chi connectivity index (χ2n) is 6.98. The number of fused-ring (bicyclic) bond motifs is 3. The van der Waals surface area contributed by atoms with Crippen molar-refractivity contribution in [3.63, 3.8) is 0 Å². The third-order valence-electron chi connectivity index (χ3n) is 4.94. The molecule has 2 aromatic carbocycles. The maximum absolute atomic E-state index is 12.0. The number of carbonyl (C=O) groups is 3. The van der Waals surface area contributed by atoms with Crippen molar-refractivity contribution in [1.82, 2.24) is 10.6 Å². The van der Waals surface area contributed by atoms with Crippen molar-refractivity contribution in [1.29, 1.82) is 0 Å². The van der Waals surface area contributed by atoms with E-state index in [0.717, 1.165) is 11.1 Å². The lowest BCUT2D eigenvalue weighted by atomic mass is 9.98. The standard InChI is InChI=1S/C22H24N2O5/c1-14(21(26)27)24-20(25)11-6-12-23-22(28)29-13-19-17-9-4-2-7-15(17)16-8-3-5-10-18(16)19/h2-5,7-10,14,19H,6,11-13H2,1H3,(H,23,28)(H,24,25)(H,26,27)/t14-/m0/s1. The van der Waals surface area contributed by atoms with Crippen molar-refractivity contribution in [2.75, 3.05) is 13.2 Å². The monoisotopic (exact) mass is 396 g/mol. The summed E-state index contributed by atoms with van der Waals surface area (Å²) in [6.07, 6.45) is -0.0184. The van der Waals surface area contributed by atoms with Gasteiger partial charge in [-0.25, -0.2) is 4.79 Å². The van der Waals surface area contributed by atoms with E-state index in [-0.39, 0.29) is 31.4 Å². The highest BCUT2D eigenvalue weighted by Crippen LogP contribution is 2.44. The van der Waals surface area contributed by atoms with Gasteiger partial charge < -0.3 is 20.5 Å². The third-order valence-corrected chi connectivity index (χ3v) is 4.94. The lowest BCUT2D eigenvalue weighted by Crippen LogP contribution is -2.38. The molecule has 0 unspecified atom stereocenters. The van der Waals surface area contributed by atoms with Crippen molar-refractivity contribution in [2.45, 2.75) is 31.7 Å². The first kappa shape index (κ1) is 20.4. The third kappa shape index (κ3) is 4.93. The molecule has 3 N–H and O–H groups in total. The average Bonchev–Trinajstić information content (AvgIpc) is 3.03. The van der Waals surface area contributed by atoms with Gasteiger partial charge in [0.25, 0.3) is 0 Å². The van der Waals surface area contributed by atoms with Crippen LogP contribution in [-0.2, 0) is 14.3 Å². The SMILES string of the molecule is C[C@H](NC(=O)CCCNC(=O)OCC1c2ccccc2-c2ccccc21)C(=O)O. The molecule has 0 aliphatic heterocycles. The maximum atomic E-state index is 12.0. The number of rotatable bonds is 8. The summed E-state index contributed by atoms with van der Waals surface area (Å²) in [5.41, 5.74) is 4.62. The molecule has 7 nitrogen and oxygen atoms in total. The predicted molar refractivity (Wildman–Crippen MR) is 108 cm³/mol. The Balaban J connectivity index is 1.45. The second kappa shape index (κ2) is 9.23. The number of alkyl carbamates (subject to hydrolysis) is 1. The number of amides is 2. The molecule has 0 saturated heterocycles. The summed E-state index contributed by atoms with van der Waals surface area (Å²) in [7, 11) is 0. The fourth-order valence-electron chi connectivity index (χ4n) is 3.46. The Morgan fingerprint density at radius 2 is 1.62 bits per heavy atom. The summed E-state index contributed by atoms with van der Waals surface area (Å²) in [5.74, 6) is -1.46. The van der Waals surface area contributed by atoms with Gasteiger partial charge in [0.05, 0.1) is 0 Å². The minimum atomic E-state index is -1.09. The normalized spacial score (nSPS) is 13.1. The molecule has 1 atom stereocenters. The van der Waals surface area contributed by atoms with Crippen LogP contribution in [0.15, 0.2) is 48.5 Å². The van der Waals surface area contributed by atoms with Gasteiger partial charge in [-0.15, -0.1) is 0 Å². The van der Waals surface area contributed by atoms with Crippen LogP contribution in [0.25, 0.3) is 11.1 Å². The van der Waals surface area contributed by atoms with E-state index >= 15 is 0 Å². The van der Waals surface area contributed by atoms with Crippen molar-refractivity contribution >= 4 is 18.0 Å². The van der Waals surface area contributed by atoms with Crippen LogP contribution >= 0.6 is 0 Å². The first-order chi connectivity index (χ1) is 14.0. The zero-order valence-electron chi connectivity index (χ0n) is 16.2. The molecule has 1 aliphatic rings. The van der Waals surface area contributed by atoms with E-state index in [1.807, 2.05) is 24.3 Å². The number of ether oxygens (including phenoxy) is 1. The van der Waals surface area contributed by atoms with Crippen molar-refractivity contribution in [3.05, 3.63) is 59.7 Å². The number of nitrogens with one attached hydrogen (secondary N) is 2. The van der Waals surface area contributed by atoms with Gasteiger partial charge in [-0.05, 0) is 35.6 Å². The molecule has 1 aliphatic carbocycles. The van der Waals surface area contributed by atoms with Crippen LogP contribution in [-0.4, -0.2) is 42.3 Å². The number of carboxylic acid groups (broad SMARTS) is 1. The van der Waals surface area contributed by atoms with E-state index in [4.69, 9.17) is 9.84 Å². The van der Waals surface area contributed by atoms with Crippen LogP contribution in [0.3, 0.4) is 0 Å². The number of benzene rings is 2. The largest absolute Gasteiger partial charge is 0.480 e. The Morgan fingerprint density at radius 1 is 1.03 bits per heavy atom. The van der Waals surface area contributed by atoms with Crippen LogP contribution in [0.2, 0.25) is 0 Å². The molecule has 2 aromatic rings. The van der Waals surface area contributed by atoms with Gasteiger partial charge >= 0.3 is 12.1 Å². The molecule has 152 valence electrons. The Bertz CT molecular complexity index is 866. The van der Waals surface area contributed by atoms with Crippen LogP contribution < -0.4 is 10.6 Å². The van der Waals surface area contributed by atoms with Gasteiger partial charge in [0.15, 0.2) is 0 Å². The van der Waals surface area contributed by atoms with E-state index in [2.05, 4.69) is 34.9 Å². The first-order valence-electron chi connectivity index (χ1n) is 9.58. The van der Waals surface area contributed by atoms with E-state index in [1.165, 1.54) is 18.1 Å². The zero-order chi connectivity index (χ0) is 20.8. The lowest BCUT2D eigenvalue weighted by Gasteiger charge is -2.14. The van der Waals surface area contributed by atoms with E-state index in [1.54, 1.807) is 0 Å². The Labute approximate surface area is 169 Å². The second-order valence-corrected chi connectivity index (χ2v) is 6.98. The fourth-order valence-corrected chi connectivity index (χ4v) is 3.46. The van der Waals surface area contributed by atoms with E-state index in [9.17, 15) is 14.4 Å². The molecule has 29 heavy (non-hydrogen) atoms. The van der Waals surface area contributed by atoms with Gasteiger partial charge in [-0.3, -0.25) is 9.59 Å². The van der Waals surface area contributed by atoms with Gasteiger partial charge in [0.1, 0.15) is 12.6 Å². The summed E-state index contributed by atoms with van der Waals surface area (Å²) in [6, 6.07) is 15.3. The molecule has 0 radical (unpaired) electrons. The number of carboxylic acids is 1. The van der Waals surface area contributed by atoms with E-state index < -0.39 is 18.1 Å². The van der Waals surface area contributed by atoms with Crippen molar-refractivity contribution < 1.29 is 24.2 Å². The first-order valence-corrected chi connectivity index (χ1v) is 9.58. The van der Waals surface area contributed by atoms with Crippen molar-refractivity contribution in [2.24, 2.45) is 0 Å². The van der Waals surface area contributed by atoms with Crippen molar-refractivity contribution in [3.8, 4) is 11.1 Å². The topological polar surface area (TPSA) is 105 Å². The molecule has 7 heteroatoms. The molecule has 3 rings (SSSR count). The Kier molecular flexibility index (Phi) is 6.49. The number of carbonyl (C=O) groups excluding carboxylic acids is 2. The Hall–Kier alpha value is -3.35. The summed E-state index contributed by atoms with van der Waals surface area (Å²) >= 11 is 0. The molecule has 0 aromatic heterocycles. The van der Waals surface area contributed by atoms with E-state index in [0.29, 0.717) is 6.42 Å². The minimum Gasteiger partial charge on any atom is -0.480 e. The highest BCUT2D eigenvalue weighted by atomic mass is 16.5. The van der Waals surface area contributed by atoms with Crippen LogP contribution in [0, 0.1) is 0 Å². The maximum Gasteiger partial charge on any atom is 0.407 e. The summed E-state index contributed by atoms with van der Waals surface area (Å²) in [6.45, 7) is 1.90. The van der Waals surface area contributed by atoms with Crippen LogP contribution in [0.4, 0.5) is 4.79 Å². The average molecular weight is 396 g/mol. The molecule has 0 heterocycles. The quantitative estimate of drug-likeness (QED) is 0.595. The summed E-state index contributed by atoms with van der Waals surface area (Å²) in [4.78, 5) is 34.3. The zero-order valence-corrected chi connectivity index (χ0v) is 16.2. The van der Waals surface area contributed by atoms with Crippen LogP contribution in [0.5, 0.6) is 0 Å². The highest BCUT2D eigenvalue weighted by Gasteiger charge is 2.28.